The van der Waals surface area contributed by atoms with Gasteiger partial charge in [-0.25, -0.2) is 4.79 Å². The molecule has 0 aliphatic heterocycles. The van der Waals surface area contributed by atoms with Gasteiger partial charge in [0.25, 0.3) is 0 Å². The topological polar surface area (TPSA) is 76.0 Å². The van der Waals surface area contributed by atoms with Crippen LogP contribution in [0.4, 0.5) is 0 Å². The number of methoxy groups -OCH3 is 2. The predicted molar refractivity (Wildman–Crippen MR) is 70.5 cm³/mol. The summed E-state index contributed by atoms with van der Waals surface area (Å²) >= 11 is 0. The Hall–Kier alpha value is -1.75. The molecule has 0 aromatic heterocycles. The Kier molecular flexibility index (Phi) is 6.15. The highest BCUT2D eigenvalue weighted by molar-refractivity contribution is 5.90. The molecule has 1 aliphatic rings. The molecular weight excluding hydrogens is 248 g/mol. The molecule has 2 rings (SSSR count). The number of carbonyl (C=O) groups is 1. The fraction of sp³-hybridized carbons (Fsp3) is 0.500. The number of esters is 1. The number of hydrogen-bond donors (Lipinski definition) is 2. The molecule has 1 fully saturated rings. The molecule has 2 N–H and O–H groups in total. The van der Waals surface area contributed by atoms with E-state index in [2.05, 4.69) is 4.74 Å². The van der Waals surface area contributed by atoms with Crippen LogP contribution in [0.2, 0.25) is 0 Å². The SMILES string of the molecule is COC(=O)c1ccc(O)c(OC)c1.OC1CCCC1. The predicted octanol–water partition coefficient (Wildman–Crippen LogP) is 2.11. The van der Waals surface area contributed by atoms with Crippen LogP contribution in [0.25, 0.3) is 0 Å². The molecule has 0 amide bonds. The summed E-state index contributed by atoms with van der Waals surface area (Å²) in [5.74, 6) is -0.212. The lowest BCUT2D eigenvalue weighted by molar-refractivity contribution is 0.0600. The van der Waals surface area contributed by atoms with Crippen LogP contribution in [0.1, 0.15) is 36.0 Å². The Bertz CT molecular complexity index is 410. The molecule has 1 aliphatic carbocycles. The van der Waals surface area contributed by atoms with Gasteiger partial charge in [-0.1, -0.05) is 12.8 Å². The number of hydrogen-bond acceptors (Lipinski definition) is 5. The standard InChI is InChI=1S/C9H10O4.C5H10O/c1-12-8-5-6(9(11)13-2)3-4-7(8)10;6-5-3-1-2-4-5/h3-5,10H,1-2H3;5-6H,1-4H2. The van der Waals surface area contributed by atoms with E-state index in [9.17, 15) is 9.90 Å². The Balaban J connectivity index is 0.000000250. The highest BCUT2D eigenvalue weighted by atomic mass is 16.5. The van der Waals surface area contributed by atoms with Gasteiger partial charge in [0.2, 0.25) is 0 Å². The molecule has 106 valence electrons. The molecule has 0 heterocycles. The van der Waals surface area contributed by atoms with Crippen LogP contribution in [-0.2, 0) is 4.74 Å². The highest BCUT2D eigenvalue weighted by Crippen LogP contribution is 2.26. The van der Waals surface area contributed by atoms with E-state index in [1.165, 1.54) is 45.3 Å². The lowest BCUT2D eigenvalue weighted by Crippen LogP contribution is -2.01. The van der Waals surface area contributed by atoms with Crippen molar-refractivity contribution in [2.24, 2.45) is 0 Å². The summed E-state index contributed by atoms with van der Waals surface area (Å²) in [5, 5.41) is 17.9. The quantitative estimate of drug-likeness (QED) is 0.803. The van der Waals surface area contributed by atoms with E-state index < -0.39 is 5.97 Å². The molecule has 0 atom stereocenters. The van der Waals surface area contributed by atoms with Gasteiger partial charge in [0.1, 0.15) is 0 Å². The molecule has 0 saturated heterocycles. The van der Waals surface area contributed by atoms with Crippen molar-refractivity contribution in [3.8, 4) is 11.5 Å². The lowest BCUT2D eigenvalue weighted by Gasteiger charge is -2.04. The van der Waals surface area contributed by atoms with Crippen molar-refractivity contribution in [1.29, 1.82) is 0 Å². The molecule has 0 unspecified atom stereocenters. The summed E-state index contributed by atoms with van der Waals surface area (Å²) in [6, 6.07) is 4.26. The highest BCUT2D eigenvalue weighted by Gasteiger charge is 2.09. The van der Waals surface area contributed by atoms with Gasteiger partial charge in [-0.3, -0.25) is 0 Å². The number of carbonyl (C=O) groups excluding carboxylic acids is 1. The zero-order valence-corrected chi connectivity index (χ0v) is 11.3. The fourth-order valence-corrected chi connectivity index (χ4v) is 1.83. The summed E-state index contributed by atoms with van der Waals surface area (Å²) in [4.78, 5) is 11.0. The van der Waals surface area contributed by atoms with Gasteiger partial charge in [-0.05, 0) is 31.0 Å². The normalized spacial score (nSPS) is 14.5. The molecular formula is C14H20O5. The molecule has 5 heteroatoms. The van der Waals surface area contributed by atoms with Gasteiger partial charge >= 0.3 is 5.97 Å². The number of phenols is 1. The summed E-state index contributed by atoms with van der Waals surface area (Å²) in [7, 11) is 2.71. The van der Waals surface area contributed by atoms with E-state index in [-0.39, 0.29) is 17.6 Å². The third-order valence-electron chi connectivity index (χ3n) is 2.93. The average molecular weight is 268 g/mol. The maximum atomic E-state index is 11.0. The summed E-state index contributed by atoms with van der Waals surface area (Å²) in [6.07, 6.45) is 4.60. The van der Waals surface area contributed by atoms with Crippen LogP contribution >= 0.6 is 0 Å². The number of aliphatic hydroxyl groups is 1. The molecule has 1 aromatic rings. The molecule has 5 nitrogen and oxygen atoms in total. The largest absolute Gasteiger partial charge is 0.504 e. The molecule has 19 heavy (non-hydrogen) atoms. The third-order valence-corrected chi connectivity index (χ3v) is 2.93. The number of benzene rings is 1. The maximum absolute atomic E-state index is 11.0. The van der Waals surface area contributed by atoms with Gasteiger partial charge in [0, 0.05) is 0 Å². The number of aromatic hydroxyl groups is 1. The van der Waals surface area contributed by atoms with Gasteiger partial charge in [-0.2, -0.15) is 0 Å². The zero-order valence-electron chi connectivity index (χ0n) is 11.3. The molecule has 0 bridgehead atoms. The third kappa shape index (κ3) is 4.79. The van der Waals surface area contributed by atoms with E-state index in [1.54, 1.807) is 0 Å². The van der Waals surface area contributed by atoms with Gasteiger partial charge in [-0.15, -0.1) is 0 Å². The fourth-order valence-electron chi connectivity index (χ4n) is 1.83. The smallest absolute Gasteiger partial charge is 0.337 e. The monoisotopic (exact) mass is 268 g/mol. The van der Waals surface area contributed by atoms with E-state index >= 15 is 0 Å². The van der Waals surface area contributed by atoms with Crippen molar-refractivity contribution in [2.45, 2.75) is 31.8 Å². The molecule has 0 radical (unpaired) electrons. The van der Waals surface area contributed by atoms with Crippen LogP contribution in [-0.4, -0.2) is 36.5 Å². The molecule has 0 spiro atoms. The first-order chi connectivity index (χ1) is 9.08. The van der Waals surface area contributed by atoms with E-state index in [1.807, 2.05) is 0 Å². The number of aliphatic hydroxyl groups excluding tert-OH is 1. The Morgan fingerprint density at radius 3 is 2.32 bits per heavy atom. The minimum Gasteiger partial charge on any atom is -0.504 e. The maximum Gasteiger partial charge on any atom is 0.337 e. The second kappa shape index (κ2) is 7.63. The summed E-state index contributed by atoms with van der Waals surface area (Å²) in [5.41, 5.74) is 0.345. The second-order valence-corrected chi connectivity index (χ2v) is 4.32. The first-order valence-corrected chi connectivity index (χ1v) is 6.22. The number of ether oxygens (including phenoxy) is 2. The van der Waals surface area contributed by atoms with Crippen LogP contribution in [0.5, 0.6) is 11.5 Å². The van der Waals surface area contributed by atoms with Crippen molar-refractivity contribution in [3.63, 3.8) is 0 Å². The van der Waals surface area contributed by atoms with Crippen molar-refractivity contribution < 1.29 is 24.5 Å². The van der Waals surface area contributed by atoms with E-state index in [4.69, 9.17) is 9.84 Å². The van der Waals surface area contributed by atoms with Crippen molar-refractivity contribution >= 4 is 5.97 Å². The van der Waals surface area contributed by atoms with Gasteiger partial charge in [0.15, 0.2) is 11.5 Å². The van der Waals surface area contributed by atoms with Crippen molar-refractivity contribution in [3.05, 3.63) is 23.8 Å². The van der Waals surface area contributed by atoms with Crippen LogP contribution in [0.15, 0.2) is 18.2 Å². The second-order valence-electron chi connectivity index (χ2n) is 4.32. The lowest BCUT2D eigenvalue weighted by atomic mass is 10.2. The average Bonchev–Trinajstić information content (AvgIpc) is 2.90. The summed E-state index contributed by atoms with van der Waals surface area (Å²) < 4.78 is 9.32. The number of phenolic OH excluding ortho intramolecular Hbond substituents is 1. The van der Waals surface area contributed by atoms with E-state index in [0.29, 0.717) is 5.56 Å². The molecule has 1 saturated carbocycles. The van der Waals surface area contributed by atoms with Crippen LogP contribution in [0.3, 0.4) is 0 Å². The first-order valence-electron chi connectivity index (χ1n) is 6.22. The Morgan fingerprint density at radius 2 is 1.89 bits per heavy atom. The van der Waals surface area contributed by atoms with E-state index in [0.717, 1.165) is 12.8 Å². The first kappa shape index (κ1) is 15.3. The van der Waals surface area contributed by atoms with Crippen LogP contribution in [0, 0.1) is 0 Å². The van der Waals surface area contributed by atoms with Gasteiger partial charge in [0.05, 0.1) is 25.9 Å². The Labute approximate surface area is 112 Å². The zero-order chi connectivity index (χ0) is 14.3. The van der Waals surface area contributed by atoms with Crippen LogP contribution < -0.4 is 4.74 Å². The minimum absolute atomic E-state index is 0.00449. The van der Waals surface area contributed by atoms with Gasteiger partial charge < -0.3 is 19.7 Å². The summed E-state index contributed by atoms with van der Waals surface area (Å²) in [6.45, 7) is 0. The number of rotatable bonds is 2. The van der Waals surface area contributed by atoms with Crippen molar-refractivity contribution in [2.75, 3.05) is 14.2 Å². The van der Waals surface area contributed by atoms with Crippen molar-refractivity contribution in [1.82, 2.24) is 0 Å². The minimum atomic E-state index is -0.460. The Morgan fingerprint density at radius 1 is 1.26 bits per heavy atom. The molecule has 1 aromatic carbocycles.